The number of fused-ring (bicyclic) bond motifs is 13. The van der Waals surface area contributed by atoms with Crippen molar-refractivity contribution in [3.05, 3.63) is 98.1 Å². The Morgan fingerprint density at radius 2 is 1.81 bits per heavy atom. The standard InChI is InChI=1S/C55H68N4O10/c1-32(2)25-54(3,65)29-57-30-59-48-9-5-8-39(27-61)67-47-23-37(21-35(50(47)64)7-6-18-60)53-55(48,66-31-56-4)26-45-44-22-36(20-33-10-15-46-34(19-33)16-17-58-46)43-24-38(63)11-13-41(43)49(44)52-42(51(45)69-53)14-12-40(28-62)68-52/h10-11,13,15-16,19,21,23-24,32,36,39-40,48,53,56-57,59-65H,6-8,12,14,17-18,20,22,25-31H2,1-4H3/t36-,39-,40-,48-,53+,54-,55-/m0/s1. The number of phenols is 2. The summed E-state index contributed by atoms with van der Waals surface area (Å²) in [6.07, 6.45) is 4.23. The molecule has 0 saturated heterocycles. The zero-order chi connectivity index (χ0) is 48.5. The molecule has 7 atom stereocenters. The number of benzene rings is 4. The molecule has 1 aliphatic carbocycles. The summed E-state index contributed by atoms with van der Waals surface area (Å²) in [5.41, 5.74) is 5.83. The van der Waals surface area contributed by atoms with Gasteiger partial charge in [-0.25, -0.2) is 0 Å². The van der Waals surface area contributed by atoms with E-state index in [9.17, 15) is 30.6 Å². The van der Waals surface area contributed by atoms with Crippen LogP contribution in [0.5, 0.6) is 28.7 Å². The van der Waals surface area contributed by atoms with Crippen molar-refractivity contribution in [2.45, 2.75) is 120 Å². The Bertz CT molecular complexity index is 2730. The second kappa shape index (κ2) is 20.6. The zero-order valence-electron chi connectivity index (χ0n) is 40.2. The average Bonchev–Trinajstić information content (AvgIpc) is 3.80. The molecule has 9 rings (SSSR count). The molecule has 4 aromatic rings. The van der Waals surface area contributed by atoms with E-state index < -0.39 is 35.6 Å². The maximum Gasteiger partial charge on any atom is 0.162 e. The minimum absolute atomic E-state index is 0.0623. The number of aliphatic hydroxyl groups is 4. The third kappa shape index (κ3) is 9.94. The average molecular weight is 945 g/mol. The van der Waals surface area contributed by atoms with E-state index in [-0.39, 0.29) is 68.7 Å². The van der Waals surface area contributed by atoms with Crippen LogP contribution in [0.15, 0.2) is 53.5 Å². The molecule has 0 radical (unpaired) electrons. The molecular weight excluding hydrogens is 877 g/mol. The number of nitrogens with zero attached hydrogens (tertiary/aromatic N) is 1. The Hall–Kier alpha value is -5.21. The topological polar surface area (TPSA) is 207 Å². The van der Waals surface area contributed by atoms with Gasteiger partial charge in [0.15, 0.2) is 17.6 Å². The fourth-order valence-electron chi connectivity index (χ4n) is 11.3. The van der Waals surface area contributed by atoms with Crippen LogP contribution in [0.25, 0.3) is 17.2 Å². The van der Waals surface area contributed by atoms with Crippen LogP contribution in [-0.4, -0.2) is 113 Å². The summed E-state index contributed by atoms with van der Waals surface area (Å²) in [7, 11) is 1.82. The van der Waals surface area contributed by atoms with Crippen LogP contribution in [-0.2, 0) is 36.8 Å². The van der Waals surface area contributed by atoms with Crippen LogP contribution in [0.4, 0.5) is 0 Å². The molecule has 5 aliphatic rings. The molecule has 4 aromatic carbocycles. The summed E-state index contributed by atoms with van der Waals surface area (Å²) in [6.45, 7) is 6.76. The summed E-state index contributed by atoms with van der Waals surface area (Å²) < 4.78 is 28.1. The van der Waals surface area contributed by atoms with Crippen LogP contribution >= 0.6 is 0 Å². The first-order valence-corrected chi connectivity index (χ1v) is 24.6. The SMILES string of the molecule is CNCO[C@]12Cc3c4c(c5c(c3O[C@@H]1c1cc(CCCO)c(O)c(c1)O[C@H](CO)CC#C[C@@H]2NCNC[C@@](C)(O)CC(C)C)CC[C@@H](CO)O5)-c1ccc(O)cc1[C@@H](Cc1ccc2c(c1)=CCN=2)C4. The molecule has 0 aromatic heterocycles. The zero-order valence-corrected chi connectivity index (χ0v) is 40.2. The molecule has 368 valence electrons. The molecular formula is C55H68N4O10. The van der Waals surface area contributed by atoms with E-state index in [1.165, 1.54) is 0 Å². The lowest BCUT2D eigenvalue weighted by atomic mass is 9.69. The minimum Gasteiger partial charge on any atom is -0.508 e. The lowest BCUT2D eigenvalue weighted by Crippen LogP contribution is -2.62. The van der Waals surface area contributed by atoms with Gasteiger partial charge in [-0.3, -0.25) is 15.6 Å². The number of hydrogen-bond donors (Lipinski definition) is 9. The van der Waals surface area contributed by atoms with E-state index in [1.54, 1.807) is 12.1 Å². The van der Waals surface area contributed by atoms with Gasteiger partial charge in [0.1, 0.15) is 41.1 Å². The van der Waals surface area contributed by atoms with Crippen molar-refractivity contribution in [3.8, 4) is 51.7 Å². The first-order chi connectivity index (χ1) is 33.3. The van der Waals surface area contributed by atoms with Crippen LogP contribution in [0.2, 0.25) is 0 Å². The Morgan fingerprint density at radius 3 is 2.59 bits per heavy atom. The largest absolute Gasteiger partial charge is 0.508 e. The van der Waals surface area contributed by atoms with Gasteiger partial charge in [-0.2, -0.15) is 0 Å². The molecule has 0 amide bonds. The molecule has 0 saturated carbocycles. The molecule has 0 unspecified atom stereocenters. The highest BCUT2D eigenvalue weighted by atomic mass is 16.6. The summed E-state index contributed by atoms with van der Waals surface area (Å²) in [5.74, 6) is 8.68. The van der Waals surface area contributed by atoms with Gasteiger partial charge in [0.2, 0.25) is 0 Å². The smallest absolute Gasteiger partial charge is 0.162 e. The molecule has 4 heterocycles. The van der Waals surface area contributed by atoms with Crippen LogP contribution < -0.4 is 40.7 Å². The summed E-state index contributed by atoms with van der Waals surface area (Å²) in [5, 5.41) is 77.7. The van der Waals surface area contributed by atoms with E-state index in [0.29, 0.717) is 87.1 Å². The van der Waals surface area contributed by atoms with Crippen molar-refractivity contribution >= 4 is 6.08 Å². The first kappa shape index (κ1) is 48.8. The third-order valence-electron chi connectivity index (χ3n) is 14.3. The molecule has 14 nitrogen and oxygen atoms in total. The quantitative estimate of drug-likeness (QED) is 0.0421. The molecule has 0 fully saturated rings. The van der Waals surface area contributed by atoms with Crippen LogP contribution in [0, 0.1) is 17.8 Å². The van der Waals surface area contributed by atoms with Crippen molar-refractivity contribution in [1.82, 2.24) is 16.0 Å². The number of aryl methyl sites for hydroxylation is 1. The van der Waals surface area contributed by atoms with Crippen molar-refractivity contribution in [2.24, 2.45) is 10.9 Å². The Balaban J connectivity index is 1.26. The number of aliphatic hydroxyl groups excluding tert-OH is 3. The van der Waals surface area contributed by atoms with Crippen molar-refractivity contribution < 1.29 is 49.6 Å². The van der Waals surface area contributed by atoms with Crippen LogP contribution in [0.1, 0.15) is 97.4 Å². The van der Waals surface area contributed by atoms with Gasteiger partial charge < -0.3 is 54.9 Å². The molecule has 2 bridgehead atoms. The minimum atomic E-state index is -1.29. The van der Waals surface area contributed by atoms with Crippen molar-refractivity contribution in [2.75, 3.05) is 53.4 Å². The summed E-state index contributed by atoms with van der Waals surface area (Å²) in [4.78, 5) is 4.62. The highest BCUT2D eigenvalue weighted by Crippen LogP contribution is 2.58. The van der Waals surface area contributed by atoms with Gasteiger partial charge in [-0.15, -0.1) is 0 Å². The normalized spacial score (nSPS) is 23.8. The fraction of sp³-hybridized carbons (Fsp3) is 0.509. The number of ether oxygens (including phenoxy) is 4. The number of aromatic hydroxyl groups is 2. The van der Waals surface area contributed by atoms with Crippen molar-refractivity contribution in [1.29, 1.82) is 0 Å². The second-order valence-corrected chi connectivity index (χ2v) is 20.2. The Morgan fingerprint density at radius 1 is 0.971 bits per heavy atom. The van der Waals surface area contributed by atoms with Crippen molar-refractivity contribution in [3.63, 3.8) is 0 Å². The van der Waals surface area contributed by atoms with Gasteiger partial charge in [-0.05, 0) is 146 Å². The second-order valence-electron chi connectivity index (χ2n) is 20.2. The highest BCUT2D eigenvalue weighted by Gasteiger charge is 2.55. The number of hydrogen-bond acceptors (Lipinski definition) is 14. The lowest BCUT2D eigenvalue weighted by molar-refractivity contribution is -0.141. The third-order valence-corrected chi connectivity index (χ3v) is 14.3. The molecule has 4 aliphatic heterocycles. The predicted octanol–water partition coefficient (Wildman–Crippen LogP) is 3.73. The number of phenolic OH excluding ortho intramolecular Hbond substituents is 2. The molecule has 9 N–H and O–H groups in total. The fourth-order valence-corrected chi connectivity index (χ4v) is 11.3. The first-order valence-electron chi connectivity index (χ1n) is 24.6. The van der Waals surface area contributed by atoms with E-state index in [2.05, 4.69) is 70.9 Å². The molecule has 14 heteroatoms. The van der Waals surface area contributed by atoms with E-state index in [4.69, 9.17) is 18.9 Å². The van der Waals surface area contributed by atoms with Gasteiger partial charge in [0.05, 0.1) is 37.4 Å². The van der Waals surface area contributed by atoms with Gasteiger partial charge in [0, 0.05) is 49.4 Å². The van der Waals surface area contributed by atoms with E-state index in [0.717, 1.165) is 49.5 Å². The van der Waals surface area contributed by atoms with E-state index in [1.807, 2.05) is 32.2 Å². The Labute approximate surface area is 404 Å². The number of nitrogens with one attached hydrogen (secondary N) is 3. The number of rotatable bonds is 17. The lowest BCUT2D eigenvalue weighted by Gasteiger charge is -2.49. The van der Waals surface area contributed by atoms with E-state index >= 15 is 0 Å². The van der Waals surface area contributed by atoms with Gasteiger partial charge >= 0.3 is 0 Å². The monoisotopic (exact) mass is 944 g/mol. The maximum absolute atomic E-state index is 11.7. The molecule has 69 heavy (non-hydrogen) atoms. The Kier molecular flexibility index (Phi) is 14.6. The molecule has 0 spiro atoms. The van der Waals surface area contributed by atoms with Crippen LogP contribution in [0.3, 0.4) is 0 Å². The summed E-state index contributed by atoms with van der Waals surface area (Å²) >= 11 is 0. The van der Waals surface area contributed by atoms with Gasteiger partial charge in [0.25, 0.3) is 0 Å². The van der Waals surface area contributed by atoms with Gasteiger partial charge in [-0.1, -0.05) is 43.9 Å². The highest BCUT2D eigenvalue weighted by molar-refractivity contribution is 5.85. The summed E-state index contributed by atoms with van der Waals surface area (Å²) in [6, 6.07) is 15.0. The maximum atomic E-state index is 11.7. The predicted molar refractivity (Wildman–Crippen MR) is 262 cm³/mol.